The Balaban J connectivity index is 2.99. The zero-order valence-electron chi connectivity index (χ0n) is 10.9. The summed E-state index contributed by atoms with van der Waals surface area (Å²) in [4.78, 5) is 38.0. The number of hydrogen-bond donors (Lipinski definition) is 0. The molecule has 1 rings (SSSR count). The van der Waals surface area contributed by atoms with Crippen LogP contribution in [0.15, 0.2) is 0 Å². The molecule has 1 saturated heterocycles. The molecule has 1 aliphatic rings. The minimum Gasteiger partial charge on any atom is -0.274 e. The third-order valence-corrected chi connectivity index (χ3v) is 3.32. The van der Waals surface area contributed by atoms with Crippen LogP contribution in [0.4, 0.5) is 4.79 Å². The van der Waals surface area contributed by atoms with Gasteiger partial charge in [0.1, 0.15) is 6.42 Å². The van der Waals surface area contributed by atoms with Crippen molar-refractivity contribution in [3.63, 3.8) is 0 Å². The standard InChI is InChI=1S/C12H20N2O3/c1-5-8(3)13-10(15)7-11(16)14(12(13)17)9(4)6-2/h8-9H,5-7H2,1-4H3. The van der Waals surface area contributed by atoms with Gasteiger partial charge in [0.05, 0.1) is 0 Å². The molecule has 4 amide bonds. The Hall–Kier alpha value is -1.39. The second-order valence-corrected chi connectivity index (χ2v) is 4.50. The average molecular weight is 240 g/mol. The van der Waals surface area contributed by atoms with E-state index in [0.717, 1.165) is 0 Å². The fourth-order valence-corrected chi connectivity index (χ4v) is 1.86. The van der Waals surface area contributed by atoms with Crippen molar-refractivity contribution >= 4 is 17.8 Å². The first-order valence-corrected chi connectivity index (χ1v) is 6.12. The van der Waals surface area contributed by atoms with E-state index in [-0.39, 0.29) is 30.3 Å². The highest BCUT2D eigenvalue weighted by atomic mass is 16.2. The molecule has 1 aliphatic heterocycles. The Morgan fingerprint density at radius 2 is 1.29 bits per heavy atom. The summed E-state index contributed by atoms with van der Waals surface area (Å²) in [6, 6.07) is -0.778. The summed E-state index contributed by atoms with van der Waals surface area (Å²) in [5.74, 6) is -0.761. The smallest absolute Gasteiger partial charge is 0.274 e. The van der Waals surface area contributed by atoms with Crippen LogP contribution in [0.25, 0.3) is 0 Å². The summed E-state index contributed by atoms with van der Waals surface area (Å²) in [6.07, 6.45) is 1.19. The first-order valence-electron chi connectivity index (χ1n) is 6.12. The Kier molecular flexibility index (Phi) is 4.26. The summed E-state index contributed by atoms with van der Waals surface area (Å²) in [5.41, 5.74) is 0. The molecule has 0 N–H and O–H groups in total. The molecule has 5 nitrogen and oxygen atoms in total. The molecule has 0 saturated carbocycles. The largest absolute Gasteiger partial charge is 0.333 e. The first-order chi connectivity index (χ1) is 7.93. The lowest BCUT2D eigenvalue weighted by molar-refractivity contribution is -0.145. The normalized spacial score (nSPS) is 20.8. The number of carbonyl (C=O) groups is 3. The van der Waals surface area contributed by atoms with Crippen molar-refractivity contribution in [1.82, 2.24) is 9.80 Å². The number of barbiturate groups is 1. The zero-order valence-corrected chi connectivity index (χ0v) is 10.9. The molecular formula is C12H20N2O3. The fourth-order valence-electron chi connectivity index (χ4n) is 1.86. The monoisotopic (exact) mass is 240 g/mol. The van der Waals surface area contributed by atoms with Crippen LogP contribution in [0, 0.1) is 0 Å². The Labute approximate surface area is 102 Å². The summed E-state index contributed by atoms with van der Waals surface area (Å²) in [5, 5.41) is 0. The van der Waals surface area contributed by atoms with Crippen LogP contribution in [0.5, 0.6) is 0 Å². The summed E-state index contributed by atoms with van der Waals surface area (Å²) in [7, 11) is 0. The molecule has 1 heterocycles. The number of urea groups is 1. The molecule has 1 fully saturated rings. The summed E-state index contributed by atoms with van der Waals surface area (Å²) in [6.45, 7) is 7.46. The van der Waals surface area contributed by atoms with Crippen molar-refractivity contribution in [3.05, 3.63) is 0 Å². The number of amides is 4. The van der Waals surface area contributed by atoms with E-state index in [9.17, 15) is 14.4 Å². The highest BCUT2D eigenvalue weighted by Gasteiger charge is 2.41. The van der Waals surface area contributed by atoms with Crippen LogP contribution in [0.2, 0.25) is 0 Å². The van der Waals surface area contributed by atoms with Crippen LogP contribution in [-0.2, 0) is 9.59 Å². The first kappa shape index (κ1) is 13.7. The van der Waals surface area contributed by atoms with Gasteiger partial charge in [-0.05, 0) is 26.7 Å². The van der Waals surface area contributed by atoms with E-state index >= 15 is 0 Å². The molecule has 0 aliphatic carbocycles. The number of nitrogens with zero attached hydrogens (tertiary/aromatic N) is 2. The van der Waals surface area contributed by atoms with Crippen molar-refractivity contribution in [1.29, 1.82) is 0 Å². The van der Waals surface area contributed by atoms with Crippen LogP contribution < -0.4 is 0 Å². The van der Waals surface area contributed by atoms with Crippen molar-refractivity contribution in [2.24, 2.45) is 0 Å². The Bertz CT molecular complexity index is 311. The molecule has 0 aromatic heterocycles. The van der Waals surface area contributed by atoms with E-state index in [1.165, 1.54) is 9.80 Å². The lowest BCUT2D eigenvalue weighted by Crippen LogP contribution is -2.59. The molecule has 0 bridgehead atoms. The van der Waals surface area contributed by atoms with Crippen LogP contribution in [0.3, 0.4) is 0 Å². The van der Waals surface area contributed by atoms with Gasteiger partial charge in [-0.15, -0.1) is 0 Å². The minimum absolute atomic E-state index is 0.158. The van der Waals surface area contributed by atoms with Crippen molar-refractivity contribution in [3.8, 4) is 0 Å². The molecule has 17 heavy (non-hydrogen) atoms. The quantitative estimate of drug-likeness (QED) is 0.703. The van der Waals surface area contributed by atoms with Crippen LogP contribution >= 0.6 is 0 Å². The van der Waals surface area contributed by atoms with Crippen LogP contribution in [0.1, 0.15) is 47.0 Å². The fraction of sp³-hybridized carbons (Fsp3) is 0.750. The molecule has 2 atom stereocenters. The van der Waals surface area contributed by atoms with E-state index in [0.29, 0.717) is 12.8 Å². The highest BCUT2D eigenvalue weighted by molar-refractivity contribution is 6.14. The van der Waals surface area contributed by atoms with Gasteiger partial charge < -0.3 is 0 Å². The van der Waals surface area contributed by atoms with Gasteiger partial charge in [0, 0.05) is 12.1 Å². The lowest BCUT2D eigenvalue weighted by Gasteiger charge is -2.38. The summed E-state index contributed by atoms with van der Waals surface area (Å²) >= 11 is 0. The van der Waals surface area contributed by atoms with Gasteiger partial charge in [0.15, 0.2) is 0 Å². The van der Waals surface area contributed by atoms with E-state index < -0.39 is 6.03 Å². The summed E-state index contributed by atoms with van der Waals surface area (Å²) < 4.78 is 0. The van der Waals surface area contributed by atoms with Gasteiger partial charge in [0.25, 0.3) is 0 Å². The van der Waals surface area contributed by atoms with E-state index in [4.69, 9.17) is 0 Å². The van der Waals surface area contributed by atoms with E-state index in [1.54, 1.807) is 0 Å². The highest BCUT2D eigenvalue weighted by Crippen LogP contribution is 2.20. The second kappa shape index (κ2) is 5.29. The molecule has 0 spiro atoms. The third-order valence-electron chi connectivity index (χ3n) is 3.32. The Morgan fingerprint density at radius 1 is 0.941 bits per heavy atom. The van der Waals surface area contributed by atoms with Gasteiger partial charge in [-0.1, -0.05) is 13.8 Å². The van der Waals surface area contributed by atoms with Crippen molar-refractivity contribution in [2.45, 2.75) is 59.0 Å². The van der Waals surface area contributed by atoms with Crippen molar-refractivity contribution in [2.75, 3.05) is 0 Å². The van der Waals surface area contributed by atoms with Gasteiger partial charge in [-0.3, -0.25) is 19.4 Å². The molecule has 0 aromatic carbocycles. The zero-order chi connectivity index (χ0) is 13.2. The number of imide groups is 2. The molecule has 0 radical (unpaired) electrons. The van der Waals surface area contributed by atoms with Gasteiger partial charge in [0.2, 0.25) is 11.8 Å². The predicted molar refractivity (Wildman–Crippen MR) is 63.2 cm³/mol. The number of carbonyl (C=O) groups excluding carboxylic acids is 3. The van der Waals surface area contributed by atoms with Gasteiger partial charge in [-0.25, -0.2) is 4.79 Å². The maximum atomic E-state index is 12.2. The predicted octanol–water partition coefficient (Wildman–Crippen LogP) is 1.76. The minimum atomic E-state index is -0.463. The molecule has 2 unspecified atom stereocenters. The lowest BCUT2D eigenvalue weighted by atomic mass is 10.1. The average Bonchev–Trinajstić information content (AvgIpc) is 2.27. The van der Waals surface area contributed by atoms with E-state index in [1.807, 2.05) is 27.7 Å². The second-order valence-electron chi connectivity index (χ2n) is 4.50. The van der Waals surface area contributed by atoms with Crippen molar-refractivity contribution < 1.29 is 14.4 Å². The maximum absolute atomic E-state index is 12.2. The number of rotatable bonds is 4. The molecule has 0 aromatic rings. The third kappa shape index (κ3) is 2.48. The van der Waals surface area contributed by atoms with Crippen LogP contribution in [-0.4, -0.2) is 39.7 Å². The maximum Gasteiger partial charge on any atom is 0.333 e. The van der Waals surface area contributed by atoms with Gasteiger partial charge in [-0.2, -0.15) is 0 Å². The van der Waals surface area contributed by atoms with Gasteiger partial charge >= 0.3 is 6.03 Å². The van der Waals surface area contributed by atoms with E-state index in [2.05, 4.69) is 0 Å². The molecule has 96 valence electrons. The SMILES string of the molecule is CCC(C)N1C(=O)CC(=O)N(C(C)CC)C1=O. The topological polar surface area (TPSA) is 57.7 Å². The molecule has 5 heteroatoms. The Morgan fingerprint density at radius 3 is 1.59 bits per heavy atom. The number of hydrogen-bond acceptors (Lipinski definition) is 3. The molecular weight excluding hydrogens is 220 g/mol.